The molecular formula is C19H15ClN4OS. The molecule has 4 aromatic rings. The summed E-state index contributed by atoms with van der Waals surface area (Å²) >= 11 is 7.47. The lowest BCUT2D eigenvalue weighted by Crippen LogP contribution is -1.97. The molecule has 0 bridgehead atoms. The number of imidazole rings is 1. The Bertz CT molecular complexity index is 1060. The number of hydrogen-bond acceptors (Lipinski definition) is 5. The zero-order valence-corrected chi connectivity index (χ0v) is 15.4. The van der Waals surface area contributed by atoms with Gasteiger partial charge in [-0.15, -0.1) is 16.8 Å². The summed E-state index contributed by atoms with van der Waals surface area (Å²) in [7, 11) is 0. The van der Waals surface area contributed by atoms with Crippen LogP contribution in [0.5, 0.6) is 0 Å². The fraction of sp³-hybridized carbons (Fsp3) is 0.105. The van der Waals surface area contributed by atoms with Crippen molar-refractivity contribution < 1.29 is 4.42 Å². The fourth-order valence-electron chi connectivity index (χ4n) is 2.62. The Kier molecular flexibility index (Phi) is 4.77. The predicted octanol–water partition coefficient (Wildman–Crippen LogP) is 5.22. The summed E-state index contributed by atoms with van der Waals surface area (Å²) in [6.45, 7) is 4.53. The number of thioether (sulfide) groups is 1. The first-order valence-electron chi connectivity index (χ1n) is 8.02. The van der Waals surface area contributed by atoms with Gasteiger partial charge < -0.3 is 8.98 Å². The van der Waals surface area contributed by atoms with Crippen molar-refractivity contribution in [3.8, 4) is 11.5 Å². The third-order valence-corrected chi connectivity index (χ3v) is 5.03. The van der Waals surface area contributed by atoms with Gasteiger partial charge in [0.15, 0.2) is 5.16 Å². The minimum absolute atomic E-state index is 0.483. The van der Waals surface area contributed by atoms with Crippen LogP contribution in [0.25, 0.3) is 22.5 Å². The molecule has 26 heavy (non-hydrogen) atoms. The van der Waals surface area contributed by atoms with Gasteiger partial charge in [-0.1, -0.05) is 41.6 Å². The lowest BCUT2D eigenvalue weighted by molar-refractivity contribution is 0.528. The second-order valence-electron chi connectivity index (χ2n) is 5.58. The summed E-state index contributed by atoms with van der Waals surface area (Å²) in [5.41, 5.74) is 2.89. The van der Waals surface area contributed by atoms with E-state index in [1.807, 2.05) is 36.4 Å². The second-order valence-corrected chi connectivity index (χ2v) is 6.96. The summed E-state index contributed by atoms with van der Waals surface area (Å²) < 4.78 is 7.89. The molecule has 0 saturated carbocycles. The van der Waals surface area contributed by atoms with E-state index < -0.39 is 0 Å². The SMILES string of the molecule is C=CCn1c(SCc2nnc(-c3ccc(Cl)cc3)o2)nc2ccccc21. The summed E-state index contributed by atoms with van der Waals surface area (Å²) in [5, 5.41) is 9.82. The van der Waals surface area contributed by atoms with E-state index in [1.165, 1.54) is 0 Å². The number of rotatable bonds is 6. The van der Waals surface area contributed by atoms with Gasteiger partial charge in [0.05, 0.1) is 16.8 Å². The zero-order valence-electron chi connectivity index (χ0n) is 13.8. The third-order valence-electron chi connectivity index (χ3n) is 3.81. The molecule has 0 spiro atoms. The van der Waals surface area contributed by atoms with Crippen LogP contribution in [-0.2, 0) is 12.3 Å². The van der Waals surface area contributed by atoms with Gasteiger partial charge in [-0.3, -0.25) is 0 Å². The Hall–Kier alpha value is -2.57. The van der Waals surface area contributed by atoms with E-state index in [4.69, 9.17) is 21.0 Å². The molecule has 0 amide bonds. The van der Waals surface area contributed by atoms with Gasteiger partial charge in [-0.25, -0.2) is 4.98 Å². The second kappa shape index (κ2) is 7.35. The molecule has 2 aromatic heterocycles. The maximum Gasteiger partial charge on any atom is 0.247 e. The number of hydrogen-bond donors (Lipinski definition) is 0. The van der Waals surface area contributed by atoms with E-state index in [0.29, 0.717) is 29.1 Å². The van der Waals surface area contributed by atoms with Crippen LogP contribution in [0, 0.1) is 0 Å². The van der Waals surface area contributed by atoms with Gasteiger partial charge in [0.25, 0.3) is 0 Å². The third kappa shape index (κ3) is 3.38. The lowest BCUT2D eigenvalue weighted by Gasteiger charge is -2.04. The molecule has 0 aliphatic heterocycles. The van der Waals surface area contributed by atoms with Crippen LogP contribution in [-0.4, -0.2) is 19.7 Å². The first-order valence-corrected chi connectivity index (χ1v) is 9.38. The standard InChI is InChI=1S/C19H15ClN4OS/c1-2-11-24-16-6-4-3-5-15(16)21-19(24)26-12-17-22-23-18(25-17)13-7-9-14(20)10-8-13/h2-10H,1,11-12H2. The van der Waals surface area contributed by atoms with Crippen molar-refractivity contribution >= 4 is 34.4 Å². The van der Waals surface area contributed by atoms with Crippen LogP contribution < -0.4 is 0 Å². The Morgan fingerprint density at radius 3 is 2.73 bits per heavy atom. The lowest BCUT2D eigenvalue weighted by atomic mass is 10.2. The Labute approximate surface area is 159 Å². The molecule has 0 fully saturated rings. The van der Waals surface area contributed by atoms with Crippen molar-refractivity contribution in [2.24, 2.45) is 0 Å². The fourth-order valence-corrected chi connectivity index (χ4v) is 3.60. The summed E-state index contributed by atoms with van der Waals surface area (Å²) in [6, 6.07) is 15.4. The number of allylic oxidation sites excluding steroid dienone is 1. The number of nitrogens with zero attached hydrogens (tertiary/aromatic N) is 4. The van der Waals surface area contributed by atoms with E-state index in [0.717, 1.165) is 21.8 Å². The van der Waals surface area contributed by atoms with Crippen LogP contribution in [0.3, 0.4) is 0 Å². The number of halogens is 1. The first-order chi connectivity index (χ1) is 12.7. The number of fused-ring (bicyclic) bond motifs is 1. The molecule has 130 valence electrons. The molecule has 0 aliphatic rings. The molecule has 2 aromatic carbocycles. The molecule has 0 unspecified atom stereocenters. The molecular weight excluding hydrogens is 368 g/mol. The van der Waals surface area contributed by atoms with Crippen molar-refractivity contribution in [3.05, 3.63) is 72.1 Å². The molecule has 5 nitrogen and oxygen atoms in total. The Morgan fingerprint density at radius 1 is 1.12 bits per heavy atom. The van der Waals surface area contributed by atoms with Gasteiger partial charge in [-0.05, 0) is 36.4 Å². The minimum Gasteiger partial charge on any atom is -0.420 e. The predicted molar refractivity (Wildman–Crippen MR) is 104 cm³/mol. The Balaban J connectivity index is 1.54. The number of aromatic nitrogens is 4. The molecule has 0 saturated heterocycles. The van der Waals surface area contributed by atoms with Crippen LogP contribution in [0.2, 0.25) is 5.02 Å². The maximum atomic E-state index is 5.91. The molecule has 0 atom stereocenters. The molecule has 0 radical (unpaired) electrons. The van der Waals surface area contributed by atoms with Gasteiger partial charge in [-0.2, -0.15) is 0 Å². The van der Waals surface area contributed by atoms with Crippen LogP contribution in [0.15, 0.2) is 70.8 Å². The van der Waals surface area contributed by atoms with Crippen molar-refractivity contribution in [2.45, 2.75) is 17.5 Å². The van der Waals surface area contributed by atoms with Gasteiger partial charge in [0, 0.05) is 17.1 Å². The van der Waals surface area contributed by atoms with Gasteiger partial charge in [0.2, 0.25) is 11.8 Å². The van der Waals surface area contributed by atoms with Crippen molar-refractivity contribution in [3.63, 3.8) is 0 Å². The Morgan fingerprint density at radius 2 is 1.92 bits per heavy atom. The normalized spacial score (nSPS) is 11.1. The largest absolute Gasteiger partial charge is 0.420 e. The highest BCUT2D eigenvalue weighted by molar-refractivity contribution is 7.98. The van der Waals surface area contributed by atoms with Gasteiger partial charge in [0.1, 0.15) is 0 Å². The van der Waals surface area contributed by atoms with Crippen molar-refractivity contribution in [2.75, 3.05) is 0 Å². The van der Waals surface area contributed by atoms with E-state index in [2.05, 4.69) is 27.4 Å². The van der Waals surface area contributed by atoms with E-state index >= 15 is 0 Å². The maximum absolute atomic E-state index is 5.91. The highest BCUT2D eigenvalue weighted by Gasteiger charge is 2.13. The topological polar surface area (TPSA) is 56.7 Å². The molecule has 0 aliphatic carbocycles. The number of benzene rings is 2. The van der Waals surface area contributed by atoms with Crippen molar-refractivity contribution in [1.82, 2.24) is 19.7 Å². The average molecular weight is 383 g/mol. The number of para-hydroxylation sites is 2. The monoisotopic (exact) mass is 382 g/mol. The summed E-state index contributed by atoms with van der Waals surface area (Å²) in [5.74, 6) is 1.58. The van der Waals surface area contributed by atoms with Crippen molar-refractivity contribution in [1.29, 1.82) is 0 Å². The summed E-state index contributed by atoms with van der Waals surface area (Å²) in [4.78, 5) is 4.69. The van der Waals surface area contributed by atoms with E-state index in [-0.39, 0.29) is 0 Å². The van der Waals surface area contributed by atoms with Crippen LogP contribution in [0.4, 0.5) is 0 Å². The highest BCUT2D eigenvalue weighted by Crippen LogP contribution is 2.28. The molecule has 4 rings (SSSR count). The van der Waals surface area contributed by atoms with E-state index in [1.54, 1.807) is 23.9 Å². The molecule has 2 heterocycles. The van der Waals surface area contributed by atoms with Crippen LogP contribution in [0.1, 0.15) is 5.89 Å². The summed E-state index contributed by atoms with van der Waals surface area (Å²) in [6.07, 6.45) is 1.86. The zero-order chi connectivity index (χ0) is 17.9. The smallest absolute Gasteiger partial charge is 0.247 e. The molecule has 0 N–H and O–H groups in total. The average Bonchev–Trinajstić information content (AvgIpc) is 3.26. The first kappa shape index (κ1) is 16.9. The van der Waals surface area contributed by atoms with E-state index in [9.17, 15) is 0 Å². The van der Waals surface area contributed by atoms with Gasteiger partial charge >= 0.3 is 0 Å². The van der Waals surface area contributed by atoms with Crippen LogP contribution >= 0.6 is 23.4 Å². The highest BCUT2D eigenvalue weighted by atomic mass is 35.5. The minimum atomic E-state index is 0.483. The quantitative estimate of drug-likeness (QED) is 0.338. The molecule has 7 heteroatoms.